The monoisotopic (exact) mass is 501 g/mol. The number of nitrogens with one attached hydrogen (secondary N) is 4. The second-order valence-corrected chi connectivity index (χ2v) is 8.07. The first-order chi connectivity index (χ1) is 18.0. The van der Waals surface area contributed by atoms with Crippen LogP contribution in [0.1, 0.15) is 33.5 Å². The number of nitrogens with zero attached hydrogens (tertiary/aromatic N) is 1. The first-order valence-corrected chi connectivity index (χ1v) is 11.9. The fourth-order valence-electron chi connectivity index (χ4n) is 3.30. The standard InChI is InChI=1S/C28H31N5O4/c1-29-26(35)24-14-8-13-23(17-24)19-32-27(33-28(36)37-20-22-11-6-3-7-12-22)30-16-15-25(34)31-18-21-9-4-2-5-10-21/h2-14,17H,15-16,18-20H2,1H3,(H,29,35)(H,31,34)(H2,30,32,33,36). The van der Waals surface area contributed by atoms with Crippen molar-refractivity contribution in [1.29, 1.82) is 0 Å². The normalized spacial score (nSPS) is 10.8. The molecular formula is C28H31N5O4. The molecule has 37 heavy (non-hydrogen) atoms. The molecular weight excluding hydrogens is 470 g/mol. The van der Waals surface area contributed by atoms with Crippen molar-refractivity contribution in [2.45, 2.75) is 26.1 Å². The van der Waals surface area contributed by atoms with E-state index in [1.807, 2.05) is 66.7 Å². The molecule has 0 bridgehead atoms. The van der Waals surface area contributed by atoms with Gasteiger partial charge < -0.3 is 20.7 Å². The number of ether oxygens (including phenoxy) is 1. The van der Waals surface area contributed by atoms with Gasteiger partial charge in [0.05, 0.1) is 6.54 Å². The molecule has 0 atom stereocenters. The molecule has 0 aliphatic heterocycles. The van der Waals surface area contributed by atoms with Crippen molar-refractivity contribution in [3.63, 3.8) is 0 Å². The van der Waals surface area contributed by atoms with Crippen molar-refractivity contribution in [1.82, 2.24) is 21.3 Å². The summed E-state index contributed by atoms with van der Waals surface area (Å²) in [5, 5.41) is 11.1. The number of benzene rings is 3. The van der Waals surface area contributed by atoms with Gasteiger partial charge >= 0.3 is 6.09 Å². The maximum atomic E-state index is 12.4. The lowest BCUT2D eigenvalue weighted by molar-refractivity contribution is -0.121. The lowest BCUT2D eigenvalue weighted by Crippen LogP contribution is -2.42. The average molecular weight is 502 g/mol. The first kappa shape index (κ1) is 26.9. The number of guanidine groups is 1. The molecule has 0 radical (unpaired) electrons. The Balaban J connectivity index is 1.57. The number of rotatable bonds is 10. The smallest absolute Gasteiger partial charge is 0.414 e. The van der Waals surface area contributed by atoms with Gasteiger partial charge in [0.25, 0.3) is 5.91 Å². The van der Waals surface area contributed by atoms with E-state index in [0.717, 1.165) is 16.7 Å². The van der Waals surface area contributed by atoms with Gasteiger partial charge in [-0.2, -0.15) is 0 Å². The minimum absolute atomic E-state index is 0.107. The van der Waals surface area contributed by atoms with E-state index in [1.54, 1.807) is 25.2 Å². The average Bonchev–Trinajstić information content (AvgIpc) is 2.94. The summed E-state index contributed by atoms with van der Waals surface area (Å²) in [6.45, 7) is 0.991. The van der Waals surface area contributed by atoms with Crippen LogP contribution >= 0.6 is 0 Å². The summed E-state index contributed by atoms with van der Waals surface area (Å²) < 4.78 is 5.29. The van der Waals surface area contributed by atoms with Gasteiger partial charge in [0.2, 0.25) is 11.9 Å². The summed E-state index contributed by atoms with van der Waals surface area (Å²) in [5.41, 5.74) is 3.15. The third-order valence-corrected chi connectivity index (χ3v) is 5.25. The van der Waals surface area contributed by atoms with Crippen LogP contribution in [-0.2, 0) is 29.2 Å². The molecule has 3 amide bonds. The van der Waals surface area contributed by atoms with E-state index in [1.165, 1.54) is 0 Å². The Morgan fingerprint density at radius 1 is 0.811 bits per heavy atom. The van der Waals surface area contributed by atoms with Crippen LogP contribution in [0.3, 0.4) is 0 Å². The van der Waals surface area contributed by atoms with E-state index in [-0.39, 0.29) is 43.9 Å². The molecule has 0 fully saturated rings. The molecule has 192 valence electrons. The number of alkyl carbamates (subject to hydrolysis) is 1. The van der Waals surface area contributed by atoms with Gasteiger partial charge in [0, 0.05) is 32.1 Å². The van der Waals surface area contributed by atoms with E-state index in [4.69, 9.17) is 4.74 Å². The van der Waals surface area contributed by atoms with E-state index in [2.05, 4.69) is 26.3 Å². The zero-order chi connectivity index (χ0) is 26.3. The molecule has 0 heterocycles. The molecule has 9 nitrogen and oxygen atoms in total. The Hall–Kier alpha value is -4.66. The summed E-state index contributed by atoms with van der Waals surface area (Å²) in [6, 6.07) is 26.0. The fourth-order valence-corrected chi connectivity index (χ4v) is 3.30. The Labute approximate surface area is 216 Å². The Kier molecular flexibility index (Phi) is 10.7. The zero-order valence-corrected chi connectivity index (χ0v) is 20.7. The summed E-state index contributed by atoms with van der Waals surface area (Å²) >= 11 is 0. The van der Waals surface area contributed by atoms with Crippen molar-refractivity contribution in [3.8, 4) is 0 Å². The maximum Gasteiger partial charge on any atom is 0.414 e. The predicted octanol–water partition coefficient (Wildman–Crippen LogP) is 3.12. The Morgan fingerprint density at radius 2 is 1.49 bits per heavy atom. The van der Waals surface area contributed by atoms with Crippen LogP contribution in [-0.4, -0.2) is 37.5 Å². The van der Waals surface area contributed by atoms with Gasteiger partial charge in [0.15, 0.2) is 0 Å². The van der Waals surface area contributed by atoms with Gasteiger partial charge in [-0.1, -0.05) is 72.8 Å². The first-order valence-electron chi connectivity index (χ1n) is 11.9. The predicted molar refractivity (Wildman–Crippen MR) is 142 cm³/mol. The van der Waals surface area contributed by atoms with E-state index < -0.39 is 6.09 Å². The summed E-state index contributed by atoms with van der Waals surface area (Å²) in [7, 11) is 1.57. The second kappa shape index (κ2) is 14.7. The van der Waals surface area contributed by atoms with Gasteiger partial charge in [-0.05, 0) is 28.8 Å². The molecule has 0 spiro atoms. The van der Waals surface area contributed by atoms with E-state index in [0.29, 0.717) is 12.1 Å². The van der Waals surface area contributed by atoms with Crippen LogP contribution in [0.15, 0.2) is 89.9 Å². The summed E-state index contributed by atoms with van der Waals surface area (Å²) in [5.74, 6) is -0.173. The highest BCUT2D eigenvalue weighted by molar-refractivity contribution is 5.95. The quantitative estimate of drug-likeness (QED) is 0.251. The number of aliphatic imine (C=N–C) groups is 1. The molecule has 3 aromatic rings. The number of hydrogen-bond donors (Lipinski definition) is 4. The summed E-state index contributed by atoms with van der Waals surface area (Å²) in [4.78, 5) is 41.0. The SMILES string of the molecule is CNC(=O)c1cccc(CN=C(NCCC(=O)NCc2ccccc2)NC(=O)OCc2ccccc2)c1. The minimum atomic E-state index is -0.678. The Bertz CT molecular complexity index is 1200. The lowest BCUT2D eigenvalue weighted by atomic mass is 10.1. The number of hydrogen-bond acceptors (Lipinski definition) is 5. The fraction of sp³-hybridized carbons (Fsp3) is 0.214. The van der Waals surface area contributed by atoms with Crippen LogP contribution in [0.4, 0.5) is 4.79 Å². The number of amides is 3. The highest BCUT2D eigenvalue weighted by atomic mass is 16.5. The van der Waals surface area contributed by atoms with Gasteiger partial charge in [0.1, 0.15) is 6.61 Å². The van der Waals surface area contributed by atoms with Crippen LogP contribution in [0.2, 0.25) is 0 Å². The Morgan fingerprint density at radius 3 is 2.19 bits per heavy atom. The summed E-state index contributed by atoms with van der Waals surface area (Å²) in [6.07, 6.45) is -0.499. The van der Waals surface area contributed by atoms with Crippen molar-refractivity contribution in [2.24, 2.45) is 4.99 Å². The highest BCUT2D eigenvalue weighted by Gasteiger charge is 2.10. The molecule has 9 heteroatoms. The second-order valence-electron chi connectivity index (χ2n) is 8.07. The molecule has 0 saturated heterocycles. The molecule has 3 aromatic carbocycles. The number of carbonyl (C=O) groups is 3. The molecule has 3 rings (SSSR count). The van der Waals surface area contributed by atoms with E-state index >= 15 is 0 Å². The van der Waals surface area contributed by atoms with Crippen LogP contribution in [0.25, 0.3) is 0 Å². The third kappa shape index (κ3) is 9.85. The highest BCUT2D eigenvalue weighted by Crippen LogP contribution is 2.07. The molecule has 0 aromatic heterocycles. The lowest BCUT2D eigenvalue weighted by Gasteiger charge is -2.13. The van der Waals surface area contributed by atoms with Crippen molar-refractivity contribution in [3.05, 3.63) is 107 Å². The van der Waals surface area contributed by atoms with Crippen LogP contribution in [0, 0.1) is 0 Å². The largest absolute Gasteiger partial charge is 0.444 e. The van der Waals surface area contributed by atoms with Crippen LogP contribution < -0.4 is 21.3 Å². The zero-order valence-electron chi connectivity index (χ0n) is 20.7. The van der Waals surface area contributed by atoms with Gasteiger partial charge in [-0.25, -0.2) is 9.79 Å². The minimum Gasteiger partial charge on any atom is -0.444 e. The van der Waals surface area contributed by atoms with Gasteiger partial charge in [-0.3, -0.25) is 14.9 Å². The third-order valence-electron chi connectivity index (χ3n) is 5.25. The van der Waals surface area contributed by atoms with Crippen molar-refractivity contribution in [2.75, 3.05) is 13.6 Å². The van der Waals surface area contributed by atoms with Crippen molar-refractivity contribution >= 4 is 23.9 Å². The maximum absolute atomic E-state index is 12.4. The van der Waals surface area contributed by atoms with Crippen molar-refractivity contribution < 1.29 is 19.1 Å². The van der Waals surface area contributed by atoms with Gasteiger partial charge in [-0.15, -0.1) is 0 Å². The topological polar surface area (TPSA) is 121 Å². The van der Waals surface area contributed by atoms with Crippen LogP contribution in [0.5, 0.6) is 0 Å². The molecule has 0 unspecified atom stereocenters. The molecule has 4 N–H and O–H groups in total. The van der Waals surface area contributed by atoms with E-state index in [9.17, 15) is 14.4 Å². The molecule has 0 aliphatic carbocycles. The molecule has 0 aliphatic rings. The molecule has 0 saturated carbocycles. The number of carbonyl (C=O) groups excluding carboxylic acids is 3.